The number of carboxylic acid groups (broad SMARTS) is 1. The van der Waals surface area contributed by atoms with Gasteiger partial charge in [0.05, 0.1) is 0 Å². The first-order valence-corrected chi connectivity index (χ1v) is 11.9. The highest BCUT2D eigenvalue weighted by Gasteiger charge is 2.34. The topological polar surface area (TPSA) is 105 Å². The monoisotopic (exact) mass is 466 g/mol. The fourth-order valence-corrected chi connectivity index (χ4v) is 4.69. The van der Waals surface area contributed by atoms with Crippen LogP contribution in [0.4, 0.5) is 4.79 Å². The molecular weight excluding hydrogens is 432 g/mol. The molecule has 0 fully saturated rings. The standard InChI is InChI=1S/C27H34N2O5/c1-4-10-18(16-24(30)29-27(3,15-5-2)25(31)32)28-26(33)34-17-23-21-13-8-6-11-19(21)20-12-7-9-14-22(20)23/h6-9,11-14,18,23H,4-5,10,15-17H2,1-3H3,(H,28,33)(H,29,30)(H,31,32)/t18-,27?/m0/s1. The van der Waals surface area contributed by atoms with Gasteiger partial charge >= 0.3 is 12.1 Å². The number of ether oxygens (including phenoxy) is 1. The van der Waals surface area contributed by atoms with Gasteiger partial charge in [-0.05, 0) is 42.0 Å². The van der Waals surface area contributed by atoms with E-state index in [1.807, 2.05) is 38.1 Å². The van der Waals surface area contributed by atoms with Gasteiger partial charge in [0.25, 0.3) is 0 Å². The van der Waals surface area contributed by atoms with Crippen LogP contribution < -0.4 is 10.6 Å². The molecule has 2 aromatic carbocycles. The van der Waals surface area contributed by atoms with Crippen molar-refractivity contribution in [3.8, 4) is 11.1 Å². The van der Waals surface area contributed by atoms with Gasteiger partial charge in [0.1, 0.15) is 12.1 Å². The van der Waals surface area contributed by atoms with Crippen molar-refractivity contribution >= 4 is 18.0 Å². The van der Waals surface area contributed by atoms with Crippen LogP contribution in [0.5, 0.6) is 0 Å². The minimum Gasteiger partial charge on any atom is -0.480 e. The van der Waals surface area contributed by atoms with Crippen LogP contribution >= 0.6 is 0 Å². The summed E-state index contributed by atoms with van der Waals surface area (Å²) in [6, 6.07) is 15.8. The van der Waals surface area contributed by atoms with E-state index in [9.17, 15) is 19.5 Å². The summed E-state index contributed by atoms with van der Waals surface area (Å²) in [6.45, 7) is 5.53. The number of nitrogens with one attached hydrogen (secondary N) is 2. The lowest BCUT2D eigenvalue weighted by atomic mass is 9.95. The van der Waals surface area contributed by atoms with Crippen LogP contribution in [-0.2, 0) is 14.3 Å². The Hall–Kier alpha value is -3.35. The maximum Gasteiger partial charge on any atom is 0.407 e. The number of amides is 2. The zero-order valence-corrected chi connectivity index (χ0v) is 20.1. The van der Waals surface area contributed by atoms with Gasteiger partial charge < -0.3 is 20.5 Å². The smallest absolute Gasteiger partial charge is 0.407 e. The summed E-state index contributed by atoms with van der Waals surface area (Å²) in [5, 5.41) is 14.9. The Balaban J connectivity index is 1.60. The van der Waals surface area contributed by atoms with Crippen LogP contribution in [-0.4, -0.2) is 41.3 Å². The first-order chi connectivity index (χ1) is 16.3. The molecule has 1 aliphatic rings. The van der Waals surface area contributed by atoms with Gasteiger partial charge in [-0.1, -0.05) is 75.2 Å². The highest BCUT2D eigenvalue weighted by atomic mass is 16.5. The van der Waals surface area contributed by atoms with Crippen LogP contribution in [0.2, 0.25) is 0 Å². The van der Waals surface area contributed by atoms with E-state index in [1.165, 1.54) is 6.92 Å². The number of aliphatic carboxylic acids is 1. The number of fused-ring (bicyclic) bond motifs is 3. The second-order valence-electron chi connectivity index (χ2n) is 9.10. The Labute approximate surface area is 200 Å². The molecule has 0 spiro atoms. The predicted molar refractivity (Wildman–Crippen MR) is 131 cm³/mol. The number of hydrogen-bond acceptors (Lipinski definition) is 4. The molecule has 0 heterocycles. The molecule has 1 aliphatic carbocycles. The van der Waals surface area contributed by atoms with Gasteiger partial charge in [-0.2, -0.15) is 0 Å². The first kappa shape index (κ1) is 25.3. The SMILES string of the molecule is CCC[C@@H](CC(=O)NC(C)(CCC)C(=O)O)NC(=O)OCC1c2ccccc2-c2ccccc21. The summed E-state index contributed by atoms with van der Waals surface area (Å²) in [6.07, 6.45) is 1.70. The Morgan fingerprint density at radius 1 is 1.00 bits per heavy atom. The zero-order valence-electron chi connectivity index (χ0n) is 20.1. The Morgan fingerprint density at radius 2 is 1.59 bits per heavy atom. The normalized spacial score (nSPS) is 14.9. The third-order valence-corrected chi connectivity index (χ3v) is 6.37. The maximum atomic E-state index is 12.6. The van der Waals surface area contributed by atoms with Crippen molar-refractivity contribution in [2.75, 3.05) is 6.61 Å². The molecule has 0 bridgehead atoms. The second kappa shape index (κ2) is 11.2. The lowest BCUT2D eigenvalue weighted by Crippen LogP contribution is -2.53. The number of carbonyl (C=O) groups excluding carboxylic acids is 2. The summed E-state index contributed by atoms with van der Waals surface area (Å²) >= 11 is 0. The van der Waals surface area contributed by atoms with Gasteiger partial charge in [-0.15, -0.1) is 0 Å². The fraction of sp³-hybridized carbons (Fsp3) is 0.444. The molecule has 7 nitrogen and oxygen atoms in total. The number of alkyl carbamates (subject to hydrolysis) is 1. The highest BCUT2D eigenvalue weighted by molar-refractivity contribution is 5.87. The van der Waals surface area contributed by atoms with Crippen molar-refractivity contribution in [3.05, 3.63) is 59.7 Å². The first-order valence-electron chi connectivity index (χ1n) is 11.9. The molecule has 0 radical (unpaired) electrons. The minimum absolute atomic E-state index is 0.00931. The Morgan fingerprint density at radius 3 is 2.12 bits per heavy atom. The van der Waals surface area contributed by atoms with E-state index >= 15 is 0 Å². The van der Waals surface area contributed by atoms with Crippen molar-refractivity contribution in [2.45, 2.75) is 70.4 Å². The lowest BCUT2D eigenvalue weighted by Gasteiger charge is -2.27. The molecular formula is C27H34N2O5. The van der Waals surface area contributed by atoms with Crippen LogP contribution in [0.3, 0.4) is 0 Å². The molecule has 2 aromatic rings. The third-order valence-electron chi connectivity index (χ3n) is 6.37. The van der Waals surface area contributed by atoms with Gasteiger partial charge in [0, 0.05) is 18.4 Å². The Kier molecular flexibility index (Phi) is 8.31. The lowest BCUT2D eigenvalue weighted by molar-refractivity contribution is -0.147. The average molecular weight is 467 g/mol. The summed E-state index contributed by atoms with van der Waals surface area (Å²) in [5.41, 5.74) is 3.24. The number of benzene rings is 2. The summed E-state index contributed by atoms with van der Waals surface area (Å²) in [5.74, 6) is -1.52. The predicted octanol–water partition coefficient (Wildman–Crippen LogP) is 4.84. The molecule has 7 heteroatoms. The van der Waals surface area contributed by atoms with E-state index in [-0.39, 0.29) is 18.9 Å². The van der Waals surface area contributed by atoms with Crippen molar-refractivity contribution in [3.63, 3.8) is 0 Å². The van der Waals surface area contributed by atoms with Crippen molar-refractivity contribution in [2.24, 2.45) is 0 Å². The quantitative estimate of drug-likeness (QED) is 0.439. The minimum atomic E-state index is -1.33. The summed E-state index contributed by atoms with van der Waals surface area (Å²) < 4.78 is 5.60. The third kappa shape index (κ3) is 5.76. The van der Waals surface area contributed by atoms with Gasteiger partial charge in [-0.3, -0.25) is 4.79 Å². The van der Waals surface area contributed by atoms with Crippen LogP contribution in [0.1, 0.15) is 69.9 Å². The number of carbonyl (C=O) groups is 3. The number of hydrogen-bond donors (Lipinski definition) is 3. The molecule has 2 atom stereocenters. The van der Waals surface area contributed by atoms with Gasteiger partial charge in [0.2, 0.25) is 5.91 Å². The molecule has 1 unspecified atom stereocenters. The molecule has 0 aromatic heterocycles. The fourth-order valence-electron chi connectivity index (χ4n) is 4.69. The van der Waals surface area contributed by atoms with E-state index in [0.29, 0.717) is 19.3 Å². The van der Waals surface area contributed by atoms with Gasteiger partial charge in [0.15, 0.2) is 0 Å². The molecule has 0 saturated heterocycles. The van der Waals surface area contributed by atoms with Gasteiger partial charge in [-0.25, -0.2) is 9.59 Å². The van der Waals surface area contributed by atoms with Crippen LogP contribution in [0, 0.1) is 0 Å². The molecule has 3 N–H and O–H groups in total. The summed E-state index contributed by atoms with van der Waals surface area (Å²) in [7, 11) is 0. The largest absolute Gasteiger partial charge is 0.480 e. The molecule has 0 saturated carbocycles. The molecule has 3 rings (SSSR count). The van der Waals surface area contributed by atoms with Crippen LogP contribution in [0.25, 0.3) is 11.1 Å². The molecule has 0 aliphatic heterocycles. The summed E-state index contributed by atoms with van der Waals surface area (Å²) in [4.78, 5) is 36.8. The molecule has 2 amide bonds. The van der Waals surface area contributed by atoms with E-state index in [2.05, 4.69) is 34.9 Å². The average Bonchev–Trinajstić information content (AvgIpc) is 3.11. The van der Waals surface area contributed by atoms with Crippen LogP contribution in [0.15, 0.2) is 48.5 Å². The van der Waals surface area contributed by atoms with E-state index in [4.69, 9.17) is 4.74 Å². The maximum absolute atomic E-state index is 12.6. The van der Waals surface area contributed by atoms with Crippen molar-refractivity contribution in [1.29, 1.82) is 0 Å². The molecule has 182 valence electrons. The number of carboxylic acids is 1. The zero-order chi connectivity index (χ0) is 24.7. The van der Waals surface area contributed by atoms with E-state index < -0.39 is 29.6 Å². The number of rotatable bonds is 11. The molecule has 34 heavy (non-hydrogen) atoms. The Bertz CT molecular complexity index is 992. The van der Waals surface area contributed by atoms with Crippen molar-refractivity contribution in [1.82, 2.24) is 10.6 Å². The van der Waals surface area contributed by atoms with E-state index in [1.54, 1.807) is 0 Å². The highest BCUT2D eigenvalue weighted by Crippen LogP contribution is 2.44. The van der Waals surface area contributed by atoms with Crippen molar-refractivity contribution < 1.29 is 24.2 Å². The second-order valence-corrected chi connectivity index (χ2v) is 9.10. The van der Waals surface area contributed by atoms with E-state index in [0.717, 1.165) is 28.7 Å².